The fourth-order valence-electron chi connectivity index (χ4n) is 3.79. The topological polar surface area (TPSA) is 83.8 Å². The van der Waals surface area contributed by atoms with Crippen LogP contribution in [0.5, 0.6) is 5.75 Å². The van der Waals surface area contributed by atoms with Gasteiger partial charge in [-0.25, -0.2) is 9.97 Å². The highest BCUT2D eigenvalue weighted by Gasteiger charge is 2.14. The highest BCUT2D eigenvalue weighted by Crippen LogP contribution is 2.31. The number of halogens is 1. The Morgan fingerprint density at radius 2 is 2.03 bits per heavy atom. The number of benzene rings is 2. The lowest BCUT2D eigenvalue weighted by molar-refractivity contribution is 0.0949. The van der Waals surface area contributed by atoms with Crippen molar-refractivity contribution < 1.29 is 9.53 Å². The van der Waals surface area contributed by atoms with E-state index in [1.54, 1.807) is 19.5 Å². The number of hydrogen-bond acceptors (Lipinski definition) is 6. The number of carbonyl (C=O) groups is 1. The normalized spacial score (nSPS) is 11.1. The summed E-state index contributed by atoms with van der Waals surface area (Å²) in [6.07, 6.45) is 5.36. The van der Waals surface area contributed by atoms with E-state index in [9.17, 15) is 4.79 Å². The van der Waals surface area contributed by atoms with Gasteiger partial charge in [-0.1, -0.05) is 18.5 Å². The maximum Gasteiger partial charge on any atom is 0.251 e. The lowest BCUT2D eigenvalue weighted by Crippen LogP contribution is -2.33. The number of nitrogens with one attached hydrogen (secondary N) is 2. The Morgan fingerprint density at radius 1 is 1.20 bits per heavy atom. The summed E-state index contributed by atoms with van der Waals surface area (Å²) in [6.45, 7) is 6.38. The van der Waals surface area contributed by atoms with Crippen molar-refractivity contribution in [2.24, 2.45) is 0 Å². The molecule has 182 valence electrons. The third kappa shape index (κ3) is 5.39. The van der Waals surface area contributed by atoms with Crippen LogP contribution in [-0.2, 0) is 0 Å². The molecule has 0 aliphatic carbocycles. The molecule has 2 N–H and O–H groups in total. The fourth-order valence-corrected chi connectivity index (χ4v) is 4.05. The van der Waals surface area contributed by atoms with Crippen molar-refractivity contribution in [3.63, 3.8) is 0 Å². The lowest BCUT2D eigenvalue weighted by atomic mass is 10.1. The molecule has 0 fully saturated rings. The summed E-state index contributed by atoms with van der Waals surface area (Å²) in [4.78, 5) is 23.8. The number of likely N-dealkylation sites (N-methyl/N-ethyl adjacent to an activating group) is 1. The van der Waals surface area contributed by atoms with Gasteiger partial charge in [0.25, 0.3) is 5.91 Å². The molecule has 2 heterocycles. The van der Waals surface area contributed by atoms with Gasteiger partial charge in [-0.2, -0.15) is 0 Å². The van der Waals surface area contributed by atoms with Crippen LogP contribution in [0, 0.1) is 6.92 Å². The Kier molecular flexibility index (Phi) is 7.53. The minimum Gasteiger partial charge on any atom is -0.495 e. The molecular formula is C26H29ClN6O2. The predicted molar refractivity (Wildman–Crippen MR) is 140 cm³/mol. The minimum atomic E-state index is -0.0742. The number of hydrogen-bond donors (Lipinski definition) is 2. The molecule has 0 saturated heterocycles. The van der Waals surface area contributed by atoms with Crippen molar-refractivity contribution in [3.8, 4) is 17.0 Å². The van der Waals surface area contributed by atoms with Gasteiger partial charge in [-0.05, 0) is 62.5 Å². The number of methoxy groups -OCH3 is 1. The van der Waals surface area contributed by atoms with E-state index in [2.05, 4.69) is 32.4 Å². The zero-order chi connectivity index (χ0) is 24.9. The predicted octanol–water partition coefficient (Wildman–Crippen LogP) is 4.79. The smallest absolute Gasteiger partial charge is 0.251 e. The Morgan fingerprint density at radius 3 is 2.74 bits per heavy atom. The largest absolute Gasteiger partial charge is 0.495 e. The number of ether oxygens (including phenoxy) is 1. The van der Waals surface area contributed by atoms with E-state index in [0.29, 0.717) is 34.3 Å². The van der Waals surface area contributed by atoms with Crippen LogP contribution in [0.3, 0.4) is 0 Å². The van der Waals surface area contributed by atoms with Crippen LogP contribution in [0.2, 0.25) is 5.02 Å². The number of aromatic nitrogens is 3. The first kappa shape index (κ1) is 24.5. The van der Waals surface area contributed by atoms with Crippen LogP contribution in [0.15, 0.2) is 55.0 Å². The van der Waals surface area contributed by atoms with E-state index < -0.39 is 0 Å². The fraction of sp³-hybridized carbons (Fsp3) is 0.269. The molecule has 0 aliphatic rings. The van der Waals surface area contributed by atoms with Crippen LogP contribution < -0.4 is 15.4 Å². The van der Waals surface area contributed by atoms with Gasteiger partial charge in [0.15, 0.2) is 11.5 Å². The Hall–Kier alpha value is -3.62. The van der Waals surface area contributed by atoms with Gasteiger partial charge >= 0.3 is 0 Å². The SMILES string of the molecule is CCN(C)CCNC(=O)c1ccc(Nc2nccn3c(-c4ccc(OC)c(Cl)c4)cnc23)cc1C. The molecule has 0 saturated carbocycles. The Balaban J connectivity index is 1.54. The quantitative estimate of drug-likeness (QED) is 0.349. The summed E-state index contributed by atoms with van der Waals surface area (Å²) in [5.74, 6) is 1.15. The van der Waals surface area contributed by atoms with Crippen molar-refractivity contribution in [2.75, 3.05) is 39.1 Å². The highest BCUT2D eigenvalue weighted by molar-refractivity contribution is 6.32. The van der Waals surface area contributed by atoms with Crippen LogP contribution in [0.4, 0.5) is 11.5 Å². The average Bonchev–Trinajstić information content (AvgIpc) is 3.29. The second-order valence-electron chi connectivity index (χ2n) is 8.27. The van der Waals surface area contributed by atoms with Crippen LogP contribution in [0.25, 0.3) is 16.9 Å². The van der Waals surface area contributed by atoms with Crippen molar-refractivity contribution in [1.29, 1.82) is 0 Å². The molecule has 35 heavy (non-hydrogen) atoms. The van der Waals surface area contributed by atoms with Gasteiger partial charge in [0.2, 0.25) is 0 Å². The number of anilines is 2. The summed E-state index contributed by atoms with van der Waals surface area (Å²) < 4.78 is 7.21. The number of aryl methyl sites for hydroxylation is 1. The first-order chi connectivity index (χ1) is 16.9. The summed E-state index contributed by atoms with van der Waals surface area (Å²) >= 11 is 6.32. The van der Waals surface area contributed by atoms with Gasteiger partial charge < -0.3 is 20.3 Å². The van der Waals surface area contributed by atoms with Gasteiger partial charge in [0.05, 0.1) is 24.0 Å². The number of amides is 1. The molecule has 2 aromatic heterocycles. The standard InChI is InChI=1S/C26H29ClN6O2/c1-5-32(3)12-10-29-26(34)20-8-7-19(14-17(20)2)31-24-25-30-16-22(33(25)13-11-28-24)18-6-9-23(35-4)21(27)15-18/h6-9,11,13-16H,5,10,12H2,1-4H3,(H,28,31)(H,29,34). The van der Waals surface area contributed by atoms with E-state index in [1.165, 1.54) is 0 Å². The van der Waals surface area contributed by atoms with Crippen LogP contribution >= 0.6 is 11.6 Å². The molecule has 8 nitrogen and oxygen atoms in total. The summed E-state index contributed by atoms with van der Waals surface area (Å²) in [5.41, 5.74) is 4.82. The summed E-state index contributed by atoms with van der Waals surface area (Å²) in [5, 5.41) is 6.85. The van der Waals surface area contributed by atoms with Crippen molar-refractivity contribution in [1.82, 2.24) is 24.6 Å². The highest BCUT2D eigenvalue weighted by atomic mass is 35.5. The maximum absolute atomic E-state index is 12.6. The zero-order valence-corrected chi connectivity index (χ0v) is 21.1. The zero-order valence-electron chi connectivity index (χ0n) is 20.3. The molecule has 9 heteroatoms. The van der Waals surface area contributed by atoms with Crippen molar-refractivity contribution in [2.45, 2.75) is 13.8 Å². The van der Waals surface area contributed by atoms with Crippen molar-refractivity contribution >= 4 is 34.7 Å². The molecular weight excluding hydrogens is 464 g/mol. The van der Waals surface area contributed by atoms with Gasteiger partial charge in [-0.15, -0.1) is 0 Å². The third-order valence-corrected chi connectivity index (χ3v) is 6.22. The van der Waals surface area contributed by atoms with Crippen LogP contribution in [-0.4, -0.2) is 59.0 Å². The number of carbonyl (C=O) groups excluding carboxylic acids is 1. The lowest BCUT2D eigenvalue weighted by Gasteiger charge is -2.15. The number of imidazole rings is 1. The molecule has 4 aromatic rings. The molecule has 0 atom stereocenters. The Labute approximate surface area is 209 Å². The average molecular weight is 493 g/mol. The monoisotopic (exact) mass is 492 g/mol. The van der Waals surface area contributed by atoms with E-state index in [0.717, 1.165) is 35.6 Å². The van der Waals surface area contributed by atoms with Crippen LogP contribution in [0.1, 0.15) is 22.8 Å². The van der Waals surface area contributed by atoms with Gasteiger partial charge in [-0.3, -0.25) is 9.20 Å². The van der Waals surface area contributed by atoms with E-state index in [-0.39, 0.29) is 5.91 Å². The number of nitrogens with zero attached hydrogens (tertiary/aromatic N) is 4. The van der Waals surface area contributed by atoms with Crippen molar-refractivity contribution in [3.05, 3.63) is 71.1 Å². The van der Waals surface area contributed by atoms with E-state index in [1.807, 2.05) is 61.0 Å². The number of rotatable bonds is 9. The third-order valence-electron chi connectivity index (χ3n) is 5.93. The maximum atomic E-state index is 12.6. The van der Waals surface area contributed by atoms with E-state index in [4.69, 9.17) is 16.3 Å². The molecule has 0 aliphatic heterocycles. The summed E-state index contributed by atoms with van der Waals surface area (Å²) in [6, 6.07) is 11.3. The second-order valence-corrected chi connectivity index (χ2v) is 8.68. The molecule has 0 bridgehead atoms. The first-order valence-corrected chi connectivity index (χ1v) is 11.8. The number of fused-ring (bicyclic) bond motifs is 1. The molecule has 0 unspecified atom stereocenters. The van der Waals surface area contributed by atoms with E-state index >= 15 is 0 Å². The Bertz CT molecular complexity index is 1350. The molecule has 2 aromatic carbocycles. The minimum absolute atomic E-state index is 0.0742. The molecule has 1 amide bonds. The molecule has 4 rings (SSSR count). The summed E-state index contributed by atoms with van der Waals surface area (Å²) in [7, 11) is 3.62. The molecule has 0 spiro atoms. The second kappa shape index (κ2) is 10.8. The van der Waals surface area contributed by atoms with Gasteiger partial charge in [0.1, 0.15) is 5.75 Å². The molecule has 0 radical (unpaired) electrons. The van der Waals surface area contributed by atoms with Gasteiger partial charge in [0, 0.05) is 42.3 Å². The first-order valence-electron chi connectivity index (χ1n) is 11.4.